The predicted molar refractivity (Wildman–Crippen MR) is 167 cm³/mol. The van der Waals surface area contributed by atoms with Crippen LogP contribution in [-0.4, -0.2) is 93.6 Å². The summed E-state index contributed by atoms with van der Waals surface area (Å²) in [5, 5.41) is 0. The van der Waals surface area contributed by atoms with E-state index in [1.165, 1.54) is 0 Å². The first-order valence-corrected chi connectivity index (χ1v) is 15.6. The Labute approximate surface area is 277 Å². The van der Waals surface area contributed by atoms with Crippen molar-refractivity contribution >= 4 is 23.5 Å². The SMILES string of the molecule is O=C1CC(C(=O)OCCOCCOCc2cccc(COCCOCCOC(=O)C3CC(=O)c4ccccc4O3)n2)Oc2ccccc21. The lowest BCUT2D eigenvalue weighted by Crippen LogP contribution is -2.36. The molecule has 0 fully saturated rings. The highest BCUT2D eigenvalue weighted by Gasteiger charge is 2.33. The lowest BCUT2D eigenvalue weighted by Gasteiger charge is -2.23. The number of hydrogen-bond donors (Lipinski definition) is 0. The fourth-order valence-electron chi connectivity index (χ4n) is 4.88. The van der Waals surface area contributed by atoms with E-state index in [9.17, 15) is 19.2 Å². The zero-order valence-electron chi connectivity index (χ0n) is 26.3. The summed E-state index contributed by atoms with van der Waals surface area (Å²) in [7, 11) is 0. The van der Waals surface area contributed by atoms with Crippen LogP contribution in [0.2, 0.25) is 0 Å². The van der Waals surface area contributed by atoms with Crippen LogP contribution in [0.25, 0.3) is 0 Å². The fourth-order valence-corrected chi connectivity index (χ4v) is 4.88. The number of nitrogens with zero attached hydrogens (tertiary/aromatic N) is 1. The second kappa shape index (κ2) is 18.0. The zero-order chi connectivity index (χ0) is 33.6. The van der Waals surface area contributed by atoms with Gasteiger partial charge in [0.15, 0.2) is 11.6 Å². The minimum Gasteiger partial charge on any atom is -0.477 e. The van der Waals surface area contributed by atoms with Crippen molar-refractivity contribution in [1.29, 1.82) is 0 Å². The van der Waals surface area contributed by atoms with Crippen LogP contribution in [0.4, 0.5) is 0 Å². The molecule has 0 N–H and O–H groups in total. The van der Waals surface area contributed by atoms with Crippen LogP contribution in [0.15, 0.2) is 66.7 Å². The molecule has 3 heterocycles. The van der Waals surface area contributed by atoms with Crippen LogP contribution in [0, 0.1) is 0 Å². The van der Waals surface area contributed by atoms with Gasteiger partial charge in [-0.15, -0.1) is 0 Å². The molecule has 0 aliphatic carbocycles. The molecule has 2 aromatic carbocycles. The Bertz CT molecular complexity index is 1450. The van der Waals surface area contributed by atoms with Crippen molar-refractivity contribution in [3.05, 3.63) is 89.2 Å². The summed E-state index contributed by atoms with van der Waals surface area (Å²) < 4.78 is 43.8. The Morgan fingerprint density at radius 3 is 1.46 bits per heavy atom. The first-order chi connectivity index (χ1) is 23.5. The van der Waals surface area contributed by atoms with Crippen LogP contribution in [0.1, 0.15) is 44.9 Å². The number of carbonyl (C=O) groups excluding carboxylic acids is 4. The van der Waals surface area contributed by atoms with Gasteiger partial charge in [0.25, 0.3) is 0 Å². The van der Waals surface area contributed by atoms with Crippen LogP contribution in [0.3, 0.4) is 0 Å². The summed E-state index contributed by atoms with van der Waals surface area (Å²) in [6.07, 6.45) is -2.03. The van der Waals surface area contributed by atoms with Gasteiger partial charge in [0.1, 0.15) is 24.7 Å². The molecular weight excluding hydrogens is 626 g/mol. The molecule has 2 unspecified atom stereocenters. The van der Waals surface area contributed by atoms with E-state index in [4.69, 9.17) is 37.9 Å². The van der Waals surface area contributed by atoms with Crippen molar-refractivity contribution in [1.82, 2.24) is 4.98 Å². The molecule has 1 aromatic heterocycles. The van der Waals surface area contributed by atoms with E-state index in [-0.39, 0.29) is 64.0 Å². The van der Waals surface area contributed by atoms with Crippen LogP contribution >= 0.6 is 0 Å². The molecule has 0 saturated heterocycles. The summed E-state index contributed by atoms with van der Waals surface area (Å²) in [6, 6.07) is 19.2. The number of esters is 2. The number of aromatic nitrogens is 1. The highest BCUT2D eigenvalue weighted by Crippen LogP contribution is 2.28. The van der Waals surface area contributed by atoms with E-state index in [1.807, 2.05) is 18.2 Å². The third-order valence-electron chi connectivity index (χ3n) is 7.23. The molecule has 0 bridgehead atoms. The van der Waals surface area contributed by atoms with E-state index in [0.29, 0.717) is 49.1 Å². The lowest BCUT2D eigenvalue weighted by atomic mass is 10.0. The Hall–Kier alpha value is -4.69. The number of benzene rings is 2. The predicted octanol–water partition coefficient (Wildman–Crippen LogP) is 3.30. The number of fused-ring (bicyclic) bond motifs is 2. The molecule has 0 spiro atoms. The summed E-state index contributed by atoms with van der Waals surface area (Å²) in [6.45, 7) is 2.24. The average molecular weight is 664 g/mol. The van der Waals surface area contributed by atoms with Gasteiger partial charge in [-0.25, -0.2) is 9.59 Å². The number of rotatable bonds is 18. The first kappa shape index (κ1) is 34.6. The second-order valence-electron chi connectivity index (χ2n) is 10.7. The maximum absolute atomic E-state index is 12.3. The van der Waals surface area contributed by atoms with Crippen molar-refractivity contribution < 1.29 is 57.1 Å². The van der Waals surface area contributed by atoms with Gasteiger partial charge in [0.2, 0.25) is 12.2 Å². The third kappa shape index (κ3) is 10.2. The number of pyridine rings is 1. The summed E-state index contributed by atoms with van der Waals surface area (Å²) >= 11 is 0. The molecule has 0 saturated carbocycles. The van der Waals surface area contributed by atoms with Gasteiger partial charge < -0.3 is 37.9 Å². The molecule has 254 valence electrons. The zero-order valence-corrected chi connectivity index (χ0v) is 26.3. The highest BCUT2D eigenvalue weighted by molar-refractivity contribution is 6.03. The van der Waals surface area contributed by atoms with E-state index in [0.717, 1.165) is 11.4 Å². The van der Waals surface area contributed by atoms with Crippen molar-refractivity contribution in [3.8, 4) is 11.5 Å². The summed E-state index contributed by atoms with van der Waals surface area (Å²) in [5.41, 5.74) is 2.41. The van der Waals surface area contributed by atoms with Gasteiger partial charge in [-0.1, -0.05) is 30.3 Å². The Morgan fingerprint density at radius 1 is 0.562 bits per heavy atom. The molecule has 0 radical (unpaired) electrons. The number of ketones is 2. The maximum atomic E-state index is 12.3. The van der Waals surface area contributed by atoms with Gasteiger partial charge in [-0.2, -0.15) is 0 Å². The van der Waals surface area contributed by atoms with Crippen LogP contribution in [0.5, 0.6) is 11.5 Å². The standard InChI is InChI=1S/C35H37NO12/c37-28-20-32(47-30-10-3-1-8-26(28)30)34(39)45-18-16-41-12-14-43-22-24-6-5-7-25(36-24)23-44-15-13-42-17-19-46-35(40)33-21-29(38)27-9-2-4-11-31(27)48-33/h1-11,32-33H,12-23H2. The van der Waals surface area contributed by atoms with Crippen LogP contribution in [-0.2, 0) is 51.2 Å². The van der Waals surface area contributed by atoms with Gasteiger partial charge in [0, 0.05) is 0 Å². The molecular formula is C35H37NO12. The first-order valence-electron chi connectivity index (χ1n) is 15.6. The largest absolute Gasteiger partial charge is 0.477 e. The lowest BCUT2D eigenvalue weighted by molar-refractivity contribution is -0.154. The van der Waals surface area contributed by atoms with E-state index >= 15 is 0 Å². The van der Waals surface area contributed by atoms with Crippen molar-refractivity contribution in [2.75, 3.05) is 52.9 Å². The second-order valence-corrected chi connectivity index (χ2v) is 10.7. The summed E-state index contributed by atoms with van der Waals surface area (Å²) in [5.74, 6) is -0.741. The summed E-state index contributed by atoms with van der Waals surface area (Å²) in [4.78, 5) is 53.5. The van der Waals surface area contributed by atoms with Gasteiger partial charge in [-0.3, -0.25) is 14.6 Å². The Morgan fingerprint density at radius 2 is 0.979 bits per heavy atom. The number of ether oxygens (including phenoxy) is 8. The maximum Gasteiger partial charge on any atom is 0.347 e. The molecule has 0 amide bonds. The van der Waals surface area contributed by atoms with E-state index in [1.54, 1.807) is 48.5 Å². The molecule has 48 heavy (non-hydrogen) atoms. The highest BCUT2D eigenvalue weighted by atomic mass is 16.6. The fraction of sp³-hybridized carbons (Fsp3) is 0.400. The number of para-hydroxylation sites is 2. The van der Waals surface area contributed by atoms with E-state index in [2.05, 4.69) is 4.98 Å². The number of Topliss-reactive ketones (excluding diaryl/α,β-unsaturated/α-hetero) is 2. The normalized spacial score (nSPS) is 16.7. The third-order valence-corrected chi connectivity index (χ3v) is 7.23. The van der Waals surface area contributed by atoms with Crippen molar-refractivity contribution in [3.63, 3.8) is 0 Å². The average Bonchev–Trinajstić information content (AvgIpc) is 3.10. The Kier molecular flexibility index (Phi) is 13.0. The molecule has 13 nitrogen and oxygen atoms in total. The quantitative estimate of drug-likeness (QED) is 0.145. The van der Waals surface area contributed by atoms with E-state index < -0.39 is 24.1 Å². The molecule has 2 aliphatic heterocycles. The van der Waals surface area contributed by atoms with Crippen molar-refractivity contribution in [2.24, 2.45) is 0 Å². The Balaban J connectivity index is 0.851. The number of carbonyl (C=O) groups is 4. The molecule has 13 heteroatoms. The molecule has 5 rings (SSSR count). The topological polar surface area (TPSA) is 155 Å². The monoisotopic (exact) mass is 663 g/mol. The van der Waals surface area contributed by atoms with Gasteiger partial charge in [-0.05, 0) is 36.4 Å². The molecule has 2 aliphatic rings. The van der Waals surface area contributed by atoms with Crippen molar-refractivity contribution in [2.45, 2.75) is 38.3 Å². The molecule has 2 atom stereocenters. The number of hydrogen-bond acceptors (Lipinski definition) is 13. The van der Waals surface area contributed by atoms with Gasteiger partial charge in [0.05, 0.1) is 88.2 Å². The molecule has 3 aromatic rings. The van der Waals surface area contributed by atoms with Gasteiger partial charge >= 0.3 is 11.9 Å². The van der Waals surface area contributed by atoms with Crippen LogP contribution < -0.4 is 9.47 Å². The minimum absolute atomic E-state index is 0.0332. The smallest absolute Gasteiger partial charge is 0.347 e. The minimum atomic E-state index is -0.960.